The van der Waals surface area contributed by atoms with E-state index in [1.54, 1.807) is 0 Å². The summed E-state index contributed by atoms with van der Waals surface area (Å²) in [7, 11) is 0. The molecule has 0 aromatic carbocycles. The van der Waals surface area contributed by atoms with Crippen LogP contribution in [0.25, 0.3) is 0 Å². The molecule has 3 N–H and O–H groups in total. The Morgan fingerprint density at radius 1 is 1.78 bits per heavy atom. The minimum atomic E-state index is 0.0838. The van der Waals surface area contributed by atoms with Gasteiger partial charge in [0.2, 0.25) is 0 Å². The van der Waals surface area contributed by atoms with Gasteiger partial charge in [-0.1, -0.05) is 0 Å². The minimum absolute atomic E-state index is 0.0838. The summed E-state index contributed by atoms with van der Waals surface area (Å²) in [6.45, 7) is 0.319. The molecule has 0 amide bonds. The molecule has 0 aliphatic carbocycles. The Labute approximate surface area is 52.0 Å². The third-order valence-corrected chi connectivity index (χ3v) is 0.799. The maximum Gasteiger partial charge on any atom is 0.137 e. The average Bonchev–Trinajstić information content (AvgIpc) is 2.15. The molecule has 5 nitrogen and oxygen atoms in total. The van der Waals surface area contributed by atoms with Gasteiger partial charge in [-0.15, -0.1) is 0 Å². The zero-order chi connectivity index (χ0) is 6.69. The molecule has 0 spiro atoms. The maximum absolute atomic E-state index is 6.86. The van der Waals surface area contributed by atoms with Crippen LogP contribution in [0.15, 0.2) is 12.7 Å². The van der Waals surface area contributed by atoms with Crippen molar-refractivity contribution in [3.05, 3.63) is 12.7 Å². The van der Waals surface area contributed by atoms with E-state index in [9.17, 15) is 0 Å². The Hall–Kier alpha value is -1.39. The van der Waals surface area contributed by atoms with Crippen molar-refractivity contribution in [2.45, 2.75) is 6.54 Å². The zero-order valence-electron chi connectivity index (χ0n) is 4.78. The number of amidine groups is 1. The van der Waals surface area contributed by atoms with E-state index in [0.29, 0.717) is 6.54 Å². The molecule has 1 rings (SSSR count). The van der Waals surface area contributed by atoms with Crippen LogP contribution in [-0.4, -0.2) is 20.6 Å². The summed E-state index contributed by atoms with van der Waals surface area (Å²) in [6.07, 6.45) is 2.92. The van der Waals surface area contributed by atoms with Crippen LogP contribution in [0.1, 0.15) is 0 Å². The lowest BCUT2D eigenvalue weighted by Crippen LogP contribution is -2.17. The van der Waals surface area contributed by atoms with Crippen molar-refractivity contribution in [2.24, 2.45) is 5.73 Å². The number of aromatic nitrogens is 3. The lowest BCUT2D eigenvalue weighted by Gasteiger charge is -1.94. The molecule has 1 aromatic rings. The van der Waals surface area contributed by atoms with Crippen LogP contribution >= 0.6 is 0 Å². The molecule has 0 radical (unpaired) electrons. The fraction of sp³-hybridized carbons (Fsp3) is 0.250. The van der Waals surface area contributed by atoms with Gasteiger partial charge in [0.1, 0.15) is 18.5 Å². The zero-order valence-corrected chi connectivity index (χ0v) is 4.78. The van der Waals surface area contributed by atoms with Gasteiger partial charge >= 0.3 is 0 Å². The highest BCUT2D eigenvalue weighted by atomic mass is 15.3. The van der Waals surface area contributed by atoms with E-state index in [1.807, 2.05) is 0 Å². The van der Waals surface area contributed by atoms with Crippen molar-refractivity contribution >= 4 is 5.84 Å². The summed E-state index contributed by atoms with van der Waals surface area (Å²) in [4.78, 5) is 3.67. The molecule has 0 saturated heterocycles. The highest BCUT2D eigenvalue weighted by molar-refractivity contribution is 5.76. The van der Waals surface area contributed by atoms with Crippen LogP contribution in [0.3, 0.4) is 0 Å². The summed E-state index contributed by atoms with van der Waals surface area (Å²) < 4.78 is 1.49. The molecule has 0 fully saturated rings. The van der Waals surface area contributed by atoms with E-state index in [2.05, 4.69) is 10.1 Å². The first-order valence-electron chi connectivity index (χ1n) is 2.44. The molecular weight excluding hydrogens is 118 g/mol. The molecule has 9 heavy (non-hydrogen) atoms. The van der Waals surface area contributed by atoms with E-state index in [-0.39, 0.29) is 5.84 Å². The number of nitrogens with zero attached hydrogens (tertiary/aromatic N) is 3. The summed E-state index contributed by atoms with van der Waals surface area (Å²) in [5.74, 6) is 0.0838. The fourth-order valence-electron chi connectivity index (χ4n) is 0.489. The lowest BCUT2D eigenvalue weighted by molar-refractivity contribution is 0.716. The molecule has 0 bridgehead atoms. The quantitative estimate of drug-likeness (QED) is 0.401. The van der Waals surface area contributed by atoms with Gasteiger partial charge in [-0.05, 0) is 0 Å². The van der Waals surface area contributed by atoms with Crippen molar-refractivity contribution in [3.8, 4) is 0 Å². The highest BCUT2D eigenvalue weighted by Crippen LogP contribution is 1.76. The Bertz CT molecular complexity index is 189. The molecule has 0 aliphatic rings. The second kappa shape index (κ2) is 2.25. The minimum Gasteiger partial charge on any atom is -0.386 e. The topological polar surface area (TPSA) is 80.6 Å². The van der Waals surface area contributed by atoms with Gasteiger partial charge in [-0.3, -0.25) is 5.41 Å². The monoisotopic (exact) mass is 125 g/mol. The predicted molar refractivity (Wildman–Crippen MR) is 31.9 cm³/mol. The normalized spacial score (nSPS) is 9.33. The van der Waals surface area contributed by atoms with Crippen molar-refractivity contribution in [2.75, 3.05) is 0 Å². The van der Waals surface area contributed by atoms with Gasteiger partial charge in [0.05, 0.1) is 6.54 Å². The number of hydrogen-bond acceptors (Lipinski definition) is 3. The number of rotatable bonds is 2. The summed E-state index contributed by atoms with van der Waals surface area (Å²) in [5.41, 5.74) is 5.08. The van der Waals surface area contributed by atoms with Crippen LogP contribution in [0, 0.1) is 5.41 Å². The Morgan fingerprint density at radius 2 is 2.56 bits per heavy atom. The van der Waals surface area contributed by atoms with Crippen molar-refractivity contribution in [3.63, 3.8) is 0 Å². The van der Waals surface area contributed by atoms with Crippen molar-refractivity contribution in [1.82, 2.24) is 14.8 Å². The first-order valence-corrected chi connectivity index (χ1v) is 2.44. The van der Waals surface area contributed by atoms with Gasteiger partial charge in [-0.25, -0.2) is 9.67 Å². The summed E-state index contributed by atoms with van der Waals surface area (Å²) in [6, 6.07) is 0. The first-order chi connectivity index (χ1) is 4.29. The smallest absolute Gasteiger partial charge is 0.137 e. The molecular formula is C4H7N5. The highest BCUT2D eigenvalue weighted by Gasteiger charge is 1.90. The SMILES string of the molecule is N=C(N)Cn1cncn1. The van der Waals surface area contributed by atoms with Crippen LogP contribution in [0.4, 0.5) is 0 Å². The number of nitrogens with two attached hydrogens (primary N) is 1. The molecule has 0 atom stereocenters. The van der Waals surface area contributed by atoms with Crippen LogP contribution in [-0.2, 0) is 6.54 Å². The molecule has 0 unspecified atom stereocenters. The number of nitrogens with one attached hydrogen (secondary N) is 1. The molecule has 5 heteroatoms. The Balaban J connectivity index is 2.58. The van der Waals surface area contributed by atoms with E-state index in [1.165, 1.54) is 17.3 Å². The summed E-state index contributed by atoms with van der Waals surface area (Å²) >= 11 is 0. The van der Waals surface area contributed by atoms with Crippen LogP contribution in [0.2, 0.25) is 0 Å². The molecule has 1 heterocycles. The third kappa shape index (κ3) is 1.52. The average molecular weight is 125 g/mol. The predicted octanol–water partition coefficient (Wildman–Crippen LogP) is -0.786. The van der Waals surface area contributed by atoms with Crippen LogP contribution < -0.4 is 5.73 Å². The van der Waals surface area contributed by atoms with Gasteiger partial charge in [-0.2, -0.15) is 5.10 Å². The summed E-state index contributed by atoms with van der Waals surface area (Å²) in [5, 5.41) is 10.6. The second-order valence-electron chi connectivity index (χ2n) is 1.62. The first kappa shape index (κ1) is 5.74. The largest absolute Gasteiger partial charge is 0.386 e. The second-order valence-corrected chi connectivity index (χ2v) is 1.62. The van der Waals surface area contributed by atoms with Crippen molar-refractivity contribution < 1.29 is 0 Å². The van der Waals surface area contributed by atoms with E-state index in [4.69, 9.17) is 11.1 Å². The third-order valence-electron chi connectivity index (χ3n) is 0.799. The number of hydrogen-bond donors (Lipinski definition) is 2. The fourth-order valence-corrected chi connectivity index (χ4v) is 0.489. The van der Waals surface area contributed by atoms with E-state index < -0.39 is 0 Å². The van der Waals surface area contributed by atoms with E-state index in [0.717, 1.165) is 0 Å². The Morgan fingerprint density at radius 3 is 3.00 bits per heavy atom. The van der Waals surface area contributed by atoms with E-state index >= 15 is 0 Å². The Kier molecular flexibility index (Phi) is 1.44. The van der Waals surface area contributed by atoms with Crippen molar-refractivity contribution in [1.29, 1.82) is 5.41 Å². The molecule has 0 aliphatic heterocycles. The lowest BCUT2D eigenvalue weighted by atomic mass is 10.6. The van der Waals surface area contributed by atoms with Gasteiger partial charge < -0.3 is 5.73 Å². The van der Waals surface area contributed by atoms with Gasteiger partial charge in [0.25, 0.3) is 0 Å². The van der Waals surface area contributed by atoms with Gasteiger partial charge in [0, 0.05) is 0 Å². The molecule has 1 aromatic heterocycles. The molecule has 0 saturated carbocycles. The standard InChI is InChI=1S/C4H7N5/c5-4(6)1-9-3-7-2-8-9/h2-3H,1H2,(H3,5,6). The van der Waals surface area contributed by atoms with Gasteiger partial charge in [0.15, 0.2) is 0 Å². The molecule has 48 valence electrons. The maximum atomic E-state index is 6.86. The van der Waals surface area contributed by atoms with Crippen LogP contribution in [0.5, 0.6) is 0 Å².